The van der Waals surface area contributed by atoms with Gasteiger partial charge in [-0.2, -0.15) is 0 Å². The number of carboxylic acid groups (broad SMARTS) is 1. The third kappa shape index (κ3) is 2.68. The van der Waals surface area contributed by atoms with Crippen molar-refractivity contribution in [3.8, 4) is 0 Å². The molecule has 0 aliphatic carbocycles. The van der Waals surface area contributed by atoms with E-state index >= 15 is 0 Å². The van der Waals surface area contributed by atoms with E-state index in [1.165, 1.54) is 0 Å². The molecule has 108 valence electrons. The number of hydrogen-bond donors (Lipinski definition) is 2. The molecule has 21 heavy (non-hydrogen) atoms. The van der Waals surface area contributed by atoms with E-state index in [9.17, 15) is 9.90 Å². The zero-order valence-corrected chi connectivity index (χ0v) is 11.6. The fraction of sp³-hybridized carbons (Fsp3) is 0.188. The average Bonchev–Trinajstić information content (AvgIpc) is 3.02. The van der Waals surface area contributed by atoms with E-state index in [0.29, 0.717) is 29.8 Å². The number of hydrogen-bond acceptors (Lipinski definition) is 4. The molecular weight excluding hydrogens is 270 g/mol. The maximum absolute atomic E-state index is 11.4. The van der Waals surface area contributed by atoms with Gasteiger partial charge >= 0.3 is 5.97 Å². The van der Waals surface area contributed by atoms with Crippen LogP contribution >= 0.6 is 0 Å². The van der Waals surface area contributed by atoms with Crippen molar-refractivity contribution in [2.75, 3.05) is 0 Å². The lowest BCUT2D eigenvalue weighted by Gasteiger charge is -2.01. The molecule has 0 radical (unpaired) electrons. The zero-order chi connectivity index (χ0) is 14.8. The highest BCUT2D eigenvalue weighted by Gasteiger charge is 2.19. The first-order valence-corrected chi connectivity index (χ1v) is 6.65. The van der Waals surface area contributed by atoms with E-state index in [1.807, 2.05) is 25.1 Å². The zero-order valence-electron chi connectivity index (χ0n) is 11.6. The Morgan fingerprint density at radius 2 is 1.95 bits per heavy atom. The number of fused-ring (bicyclic) bond motifs is 1. The predicted molar refractivity (Wildman–Crippen MR) is 77.2 cm³/mol. The van der Waals surface area contributed by atoms with Crippen LogP contribution in [0.2, 0.25) is 0 Å². The maximum Gasteiger partial charge on any atom is 0.339 e. The van der Waals surface area contributed by atoms with Crippen LogP contribution in [0, 0.1) is 6.92 Å². The summed E-state index contributed by atoms with van der Waals surface area (Å²) >= 11 is 0. The summed E-state index contributed by atoms with van der Waals surface area (Å²) in [6.07, 6.45) is 0. The SMILES string of the molecule is Cc1ccc(CNCc2oc3ccccc3c2C(=O)O)o1. The molecule has 5 nitrogen and oxygen atoms in total. The second-order valence-corrected chi connectivity index (χ2v) is 4.82. The van der Waals surface area contributed by atoms with Crippen molar-refractivity contribution in [3.63, 3.8) is 0 Å². The number of nitrogens with one attached hydrogen (secondary N) is 1. The molecule has 0 amide bonds. The van der Waals surface area contributed by atoms with Gasteiger partial charge in [-0.25, -0.2) is 4.79 Å². The third-order valence-electron chi connectivity index (χ3n) is 3.26. The summed E-state index contributed by atoms with van der Waals surface area (Å²) in [7, 11) is 0. The maximum atomic E-state index is 11.4. The van der Waals surface area contributed by atoms with Crippen LogP contribution in [-0.4, -0.2) is 11.1 Å². The molecule has 0 atom stereocenters. The summed E-state index contributed by atoms with van der Waals surface area (Å²) < 4.78 is 11.1. The van der Waals surface area contributed by atoms with Gasteiger partial charge in [-0.3, -0.25) is 0 Å². The molecule has 2 aromatic heterocycles. The highest BCUT2D eigenvalue weighted by molar-refractivity contribution is 6.03. The topological polar surface area (TPSA) is 75.6 Å². The Balaban J connectivity index is 1.80. The lowest BCUT2D eigenvalue weighted by Crippen LogP contribution is -2.14. The van der Waals surface area contributed by atoms with Gasteiger partial charge in [0.1, 0.15) is 28.4 Å². The van der Waals surface area contributed by atoms with Crippen LogP contribution in [0.15, 0.2) is 45.2 Å². The molecule has 5 heteroatoms. The molecule has 1 aromatic carbocycles. The van der Waals surface area contributed by atoms with Crippen molar-refractivity contribution < 1.29 is 18.7 Å². The summed E-state index contributed by atoms with van der Waals surface area (Å²) in [4.78, 5) is 11.4. The smallest absolute Gasteiger partial charge is 0.339 e. The van der Waals surface area contributed by atoms with Crippen LogP contribution in [0.3, 0.4) is 0 Å². The number of benzene rings is 1. The average molecular weight is 285 g/mol. The summed E-state index contributed by atoms with van der Waals surface area (Å²) in [5.41, 5.74) is 0.800. The molecule has 0 aliphatic rings. The van der Waals surface area contributed by atoms with Gasteiger partial charge in [0, 0.05) is 5.39 Å². The van der Waals surface area contributed by atoms with E-state index in [2.05, 4.69) is 5.32 Å². The van der Waals surface area contributed by atoms with Gasteiger partial charge < -0.3 is 19.3 Å². The van der Waals surface area contributed by atoms with Crippen LogP contribution in [0.5, 0.6) is 0 Å². The van der Waals surface area contributed by atoms with Crippen LogP contribution in [0.4, 0.5) is 0 Å². The van der Waals surface area contributed by atoms with E-state index in [4.69, 9.17) is 8.83 Å². The van der Waals surface area contributed by atoms with Crippen molar-refractivity contribution in [1.29, 1.82) is 0 Å². The van der Waals surface area contributed by atoms with Crippen molar-refractivity contribution in [3.05, 3.63) is 59.2 Å². The third-order valence-corrected chi connectivity index (χ3v) is 3.26. The summed E-state index contributed by atoms with van der Waals surface area (Å²) in [5, 5.41) is 13.1. The van der Waals surface area contributed by atoms with E-state index in [1.54, 1.807) is 18.2 Å². The van der Waals surface area contributed by atoms with Gasteiger partial charge in [0.05, 0.1) is 13.1 Å². The number of aromatic carboxylic acids is 1. The Hall–Kier alpha value is -2.53. The predicted octanol–water partition coefficient (Wildman–Crippen LogP) is 3.32. The fourth-order valence-corrected chi connectivity index (χ4v) is 2.33. The summed E-state index contributed by atoms with van der Waals surface area (Å²) in [5.74, 6) is 1.10. The lowest BCUT2D eigenvalue weighted by molar-refractivity contribution is 0.0696. The van der Waals surface area contributed by atoms with E-state index in [0.717, 1.165) is 11.5 Å². The number of carboxylic acids is 1. The number of furan rings is 2. The van der Waals surface area contributed by atoms with Crippen molar-refractivity contribution in [1.82, 2.24) is 5.32 Å². The molecule has 0 fully saturated rings. The lowest BCUT2D eigenvalue weighted by atomic mass is 10.1. The van der Waals surface area contributed by atoms with Crippen molar-refractivity contribution in [2.24, 2.45) is 0 Å². The fourth-order valence-electron chi connectivity index (χ4n) is 2.33. The minimum atomic E-state index is -0.981. The number of para-hydroxylation sites is 1. The quantitative estimate of drug-likeness (QED) is 0.752. The molecule has 2 heterocycles. The van der Waals surface area contributed by atoms with Crippen LogP contribution < -0.4 is 5.32 Å². The van der Waals surface area contributed by atoms with Crippen molar-refractivity contribution >= 4 is 16.9 Å². The van der Waals surface area contributed by atoms with Gasteiger partial charge in [-0.1, -0.05) is 18.2 Å². The Labute approximate surface area is 121 Å². The van der Waals surface area contributed by atoms with E-state index < -0.39 is 5.97 Å². The van der Waals surface area contributed by atoms with Gasteiger partial charge in [0.2, 0.25) is 0 Å². The van der Waals surface area contributed by atoms with Gasteiger partial charge in [-0.05, 0) is 25.1 Å². The molecule has 0 unspecified atom stereocenters. The minimum Gasteiger partial charge on any atom is -0.478 e. The molecule has 2 N–H and O–H groups in total. The Bertz CT molecular complexity index is 785. The second-order valence-electron chi connectivity index (χ2n) is 4.82. The van der Waals surface area contributed by atoms with Gasteiger partial charge in [0.25, 0.3) is 0 Å². The largest absolute Gasteiger partial charge is 0.478 e. The second kappa shape index (κ2) is 5.46. The molecule has 0 saturated carbocycles. The Kier molecular flexibility index (Phi) is 3.50. The first kappa shape index (κ1) is 13.5. The number of rotatable bonds is 5. The van der Waals surface area contributed by atoms with E-state index in [-0.39, 0.29) is 5.56 Å². The number of aryl methyl sites for hydroxylation is 1. The van der Waals surface area contributed by atoms with Crippen LogP contribution in [0.1, 0.15) is 27.6 Å². The summed E-state index contributed by atoms with van der Waals surface area (Å²) in [6, 6.07) is 10.9. The minimum absolute atomic E-state index is 0.216. The van der Waals surface area contributed by atoms with Crippen molar-refractivity contribution in [2.45, 2.75) is 20.0 Å². The first-order chi connectivity index (χ1) is 10.1. The Morgan fingerprint density at radius 3 is 2.67 bits per heavy atom. The molecule has 0 aliphatic heterocycles. The monoisotopic (exact) mass is 285 g/mol. The normalized spacial score (nSPS) is 11.1. The highest BCUT2D eigenvalue weighted by atomic mass is 16.4. The van der Waals surface area contributed by atoms with Gasteiger partial charge in [-0.15, -0.1) is 0 Å². The molecule has 0 saturated heterocycles. The molecular formula is C16H15NO4. The molecule has 3 rings (SSSR count). The molecule has 0 spiro atoms. The van der Waals surface area contributed by atoms with Crippen LogP contribution in [-0.2, 0) is 13.1 Å². The summed E-state index contributed by atoms with van der Waals surface area (Å²) in [6.45, 7) is 2.73. The highest BCUT2D eigenvalue weighted by Crippen LogP contribution is 2.25. The first-order valence-electron chi connectivity index (χ1n) is 6.65. The van der Waals surface area contributed by atoms with Crippen LogP contribution in [0.25, 0.3) is 11.0 Å². The van der Waals surface area contributed by atoms with Gasteiger partial charge in [0.15, 0.2) is 0 Å². The molecule has 3 aromatic rings. The number of carbonyl (C=O) groups is 1. The Morgan fingerprint density at radius 1 is 1.14 bits per heavy atom. The molecule has 0 bridgehead atoms. The standard InChI is InChI=1S/C16H15NO4/c1-10-6-7-11(20-10)8-17-9-14-15(16(18)19)12-4-2-3-5-13(12)21-14/h2-7,17H,8-9H2,1H3,(H,18,19).